The summed E-state index contributed by atoms with van der Waals surface area (Å²) >= 11 is 0. The van der Waals surface area contributed by atoms with Gasteiger partial charge >= 0.3 is 6.03 Å². The van der Waals surface area contributed by atoms with Gasteiger partial charge in [-0.05, 0) is 24.3 Å². The molecule has 1 saturated heterocycles. The lowest BCUT2D eigenvalue weighted by atomic mass is 10.2. The van der Waals surface area contributed by atoms with Crippen molar-refractivity contribution in [3.05, 3.63) is 30.1 Å². The van der Waals surface area contributed by atoms with E-state index in [9.17, 15) is 18.8 Å². The average Bonchev–Trinajstić information content (AvgIpc) is 2.63. The van der Waals surface area contributed by atoms with E-state index in [1.165, 1.54) is 12.1 Å². The van der Waals surface area contributed by atoms with Gasteiger partial charge in [0.1, 0.15) is 11.9 Å². The van der Waals surface area contributed by atoms with Gasteiger partial charge in [-0.25, -0.2) is 19.5 Å². The molecular formula is C11H11FN4O3. The number of carbonyl (C=O) groups is 3. The van der Waals surface area contributed by atoms with E-state index >= 15 is 0 Å². The first-order valence-electron chi connectivity index (χ1n) is 5.42. The highest BCUT2D eigenvalue weighted by molar-refractivity contribution is 6.22. The molecule has 1 atom stereocenters. The second-order valence-electron chi connectivity index (χ2n) is 3.93. The molecule has 0 saturated carbocycles. The Balaban J connectivity index is 2.14. The molecule has 100 valence electrons. The lowest BCUT2D eigenvalue weighted by Crippen LogP contribution is -2.50. The van der Waals surface area contributed by atoms with Crippen LogP contribution in [0.1, 0.15) is 6.42 Å². The van der Waals surface area contributed by atoms with E-state index < -0.39 is 29.7 Å². The van der Waals surface area contributed by atoms with Crippen LogP contribution in [-0.4, -0.2) is 23.9 Å². The largest absolute Gasteiger partial charge is 0.351 e. The monoisotopic (exact) mass is 266 g/mol. The minimum absolute atomic E-state index is 0.115. The SMILES string of the molecule is NC(=O)NN[C@@H]1CC(=O)N(c2ccc(F)cc2)C1=O. The van der Waals surface area contributed by atoms with Gasteiger partial charge in [0, 0.05) is 0 Å². The topological polar surface area (TPSA) is 105 Å². The summed E-state index contributed by atoms with van der Waals surface area (Å²) < 4.78 is 12.8. The third kappa shape index (κ3) is 2.68. The number of carbonyl (C=O) groups excluding carboxylic acids is 3. The molecule has 7 nitrogen and oxygen atoms in total. The number of urea groups is 1. The molecule has 2 rings (SSSR count). The predicted octanol–water partition coefficient (Wildman–Crippen LogP) is -0.369. The van der Waals surface area contributed by atoms with Crippen molar-refractivity contribution in [2.45, 2.75) is 12.5 Å². The summed E-state index contributed by atoms with van der Waals surface area (Å²) in [6.07, 6.45) is -0.115. The molecule has 1 aliphatic heterocycles. The van der Waals surface area contributed by atoms with Crippen LogP contribution in [0.4, 0.5) is 14.9 Å². The first-order valence-corrected chi connectivity index (χ1v) is 5.42. The Hall–Kier alpha value is -2.48. The highest BCUT2D eigenvalue weighted by Crippen LogP contribution is 2.22. The molecule has 8 heteroatoms. The Bertz CT molecular complexity index is 531. The molecule has 0 radical (unpaired) electrons. The number of hydrazine groups is 1. The summed E-state index contributed by atoms with van der Waals surface area (Å²) in [6, 6.07) is 3.21. The number of amides is 4. The molecule has 0 aromatic heterocycles. The fraction of sp³-hybridized carbons (Fsp3) is 0.182. The van der Waals surface area contributed by atoms with Crippen molar-refractivity contribution in [2.75, 3.05) is 4.90 Å². The van der Waals surface area contributed by atoms with Crippen LogP contribution >= 0.6 is 0 Å². The van der Waals surface area contributed by atoms with E-state index in [4.69, 9.17) is 5.73 Å². The molecule has 0 aliphatic carbocycles. The van der Waals surface area contributed by atoms with Gasteiger partial charge in [-0.3, -0.25) is 15.0 Å². The number of primary amides is 1. The van der Waals surface area contributed by atoms with E-state index in [1.54, 1.807) is 0 Å². The number of nitrogens with zero attached hydrogens (tertiary/aromatic N) is 1. The van der Waals surface area contributed by atoms with Gasteiger partial charge in [-0.15, -0.1) is 0 Å². The second-order valence-corrected chi connectivity index (χ2v) is 3.93. The first-order chi connectivity index (χ1) is 8.99. The fourth-order valence-corrected chi connectivity index (χ4v) is 1.76. The van der Waals surface area contributed by atoms with E-state index in [0.717, 1.165) is 17.0 Å². The van der Waals surface area contributed by atoms with Crippen LogP contribution in [0, 0.1) is 5.82 Å². The van der Waals surface area contributed by atoms with Crippen LogP contribution in [0.2, 0.25) is 0 Å². The van der Waals surface area contributed by atoms with Crippen LogP contribution in [0.15, 0.2) is 24.3 Å². The molecule has 0 unspecified atom stereocenters. The smallest absolute Gasteiger partial charge is 0.326 e. The number of nitrogens with one attached hydrogen (secondary N) is 2. The normalized spacial score (nSPS) is 18.8. The van der Waals surface area contributed by atoms with Crippen LogP contribution < -0.4 is 21.5 Å². The summed E-state index contributed by atoms with van der Waals surface area (Å²) in [7, 11) is 0. The van der Waals surface area contributed by atoms with Crippen molar-refractivity contribution < 1.29 is 18.8 Å². The molecule has 1 heterocycles. The van der Waals surface area contributed by atoms with Gasteiger partial charge < -0.3 is 5.73 Å². The predicted molar refractivity (Wildman–Crippen MR) is 63.2 cm³/mol. The van der Waals surface area contributed by atoms with Gasteiger partial charge in [0.15, 0.2) is 0 Å². The van der Waals surface area contributed by atoms with E-state index in [-0.39, 0.29) is 12.1 Å². The lowest BCUT2D eigenvalue weighted by molar-refractivity contribution is -0.121. The summed E-state index contributed by atoms with van der Waals surface area (Å²) in [5.74, 6) is -1.45. The number of halogens is 1. The molecule has 4 N–H and O–H groups in total. The number of benzene rings is 1. The van der Waals surface area contributed by atoms with Crippen molar-refractivity contribution in [2.24, 2.45) is 5.73 Å². The fourth-order valence-electron chi connectivity index (χ4n) is 1.76. The van der Waals surface area contributed by atoms with Crippen LogP contribution in [0.25, 0.3) is 0 Å². The van der Waals surface area contributed by atoms with Crippen molar-refractivity contribution in [3.8, 4) is 0 Å². The Kier molecular flexibility index (Phi) is 3.43. The van der Waals surface area contributed by atoms with Crippen LogP contribution in [0.3, 0.4) is 0 Å². The molecule has 1 aliphatic rings. The zero-order chi connectivity index (χ0) is 14.0. The van der Waals surface area contributed by atoms with Crippen molar-refractivity contribution in [1.29, 1.82) is 0 Å². The Morgan fingerprint density at radius 1 is 1.32 bits per heavy atom. The van der Waals surface area contributed by atoms with Crippen molar-refractivity contribution >= 4 is 23.5 Å². The third-order valence-electron chi connectivity index (χ3n) is 2.60. The minimum Gasteiger partial charge on any atom is -0.351 e. The van der Waals surface area contributed by atoms with Crippen molar-refractivity contribution in [1.82, 2.24) is 10.9 Å². The highest BCUT2D eigenvalue weighted by Gasteiger charge is 2.39. The number of hydrogen-bond donors (Lipinski definition) is 3. The van der Waals surface area contributed by atoms with Gasteiger partial charge in [-0.1, -0.05) is 0 Å². The maximum absolute atomic E-state index is 12.8. The van der Waals surface area contributed by atoms with Crippen molar-refractivity contribution in [3.63, 3.8) is 0 Å². The summed E-state index contributed by atoms with van der Waals surface area (Å²) in [5, 5.41) is 0. The van der Waals surface area contributed by atoms with Gasteiger partial charge in [0.2, 0.25) is 5.91 Å². The number of nitrogens with two attached hydrogens (primary N) is 1. The average molecular weight is 266 g/mol. The zero-order valence-corrected chi connectivity index (χ0v) is 9.72. The van der Waals surface area contributed by atoms with E-state index in [2.05, 4.69) is 5.43 Å². The summed E-state index contributed by atoms with van der Waals surface area (Å²) in [6.45, 7) is 0. The second kappa shape index (κ2) is 5.02. The van der Waals surface area contributed by atoms with Crippen LogP contribution in [0.5, 0.6) is 0 Å². The van der Waals surface area contributed by atoms with Gasteiger partial charge in [0.05, 0.1) is 12.1 Å². The molecule has 0 spiro atoms. The Morgan fingerprint density at radius 3 is 2.53 bits per heavy atom. The Labute approximate surface area is 107 Å². The molecular weight excluding hydrogens is 255 g/mol. The number of rotatable bonds is 3. The first kappa shape index (κ1) is 13.0. The zero-order valence-electron chi connectivity index (χ0n) is 9.72. The molecule has 0 bridgehead atoms. The quantitative estimate of drug-likeness (QED) is 0.513. The minimum atomic E-state index is -0.884. The number of imide groups is 1. The maximum atomic E-state index is 12.8. The summed E-state index contributed by atoms with van der Waals surface area (Å²) in [4.78, 5) is 35.2. The maximum Gasteiger partial charge on any atom is 0.326 e. The summed E-state index contributed by atoms with van der Waals surface area (Å²) in [5.41, 5.74) is 9.54. The van der Waals surface area contributed by atoms with Crippen LogP contribution in [-0.2, 0) is 9.59 Å². The third-order valence-corrected chi connectivity index (χ3v) is 2.60. The lowest BCUT2D eigenvalue weighted by Gasteiger charge is -2.15. The van der Waals surface area contributed by atoms with E-state index in [1.807, 2.05) is 5.43 Å². The van der Waals surface area contributed by atoms with Gasteiger partial charge in [0.25, 0.3) is 5.91 Å². The molecule has 1 fully saturated rings. The number of hydrogen-bond acceptors (Lipinski definition) is 4. The molecule has 1 aromatic rings. The number of anilines is 1. The van der Waals surface area contributed by atoms with E-state index in [0.29, 0.717) is 0 Å². The highest BCUT2D eigenvalue weighted by atomic mass is 19.1. The standard InChI is InChI=1S/C11H11FN4O3/c12-6-1-3-7(4-2-6)16-9(17)5-8(10(16)18)14-15-11(13)19/h1-4,8,14H,5H2,(H3,13,15,19)/t8-/m1/s1. The molecule has 1 aromatic carbocycles. The molecule has 4 amide bonds. The van der Waals surface area contributed by atoms with Gasteiger partial charge in [-0.2, -0.15) is 0 Å². The Morgan fingerprint density at radius 2 is 1.95 bits per heavy atom. The molecule has 19 heavy (non-hydrogen) atoms.